The van der Waals surface area contributed by atoms with Crippen molar-refractivity contribution in [1.82, 2.24) is 20.0 Å². The van der Waals surface area contributed by atoms with E-state index in [4.69, 9.17) is 16.3 Å². The first-order chi connectivity index (χ1) is 11.6. The van der Waals surface area contributed by atoms with Crippen LogP contribution in [0.4, 0.5) is 0 Å². The van der Waals surface area contributed by atoms with Gasteiger partial charge in [0.1, 0.15) is 5.75 Å². The summed E-state index contributed by atoms with van der Waals surface area (Å²) in [6.45, 7) is 4.63. The quantitative estimate of drug-likeness (QED) is 0.770. The molecule has 2 aromatic heterocycles. The third-order valence-electron chi connectivity index (χ3n) is 3.63. The fraction of sp³-hybridized carbons (Fsp3) is 0.235. The predicted molar refractivity (Wildman–Crippen MR) is 91.8 cm³/mol. The van der Waals surface area contributed by atoms with Crippen molar-refractivity contribution in [2.75, 3.05) is 0 Å². The number of hydrogen-bond donors (Lipinski definition) is 1. The summed E-state index contributed by atoms with van der Waals surface area (Å²) in [7, 11) is 0. The second-order valence-electron chi connectivity index (χ2n) is 5.34. The van der Waals surface area contributed by atoms with Crippen LogP contribution in [0.2, 0.25) is 5.02 Å². The maximum Gasteiger partial charge on any atom is 0.264 e. The van der Waals surface area contributed by atoms with Crippen molar-refractivity contribution in [3.63, 3.8) is 0 Å². The van der Waals surface area contributed by atoms with Crippen molar-refractivity contribution in [1.29, 1.82) is 0 Å². The fourth-order valence-corrected chi connectivity index (χ4v) is 2.56. The van der Waals surface area contributed by atoms with E-state index < -0.39 is 0 Å². The normalized spacial score (nSPS) is 10.8. The highest BCUT2D eigenvalue weighted by Crippen LogP contribution is 2.29. The molecule has 0 fully saturated rings. The van der Waals surface area contributed by atoms with Crippen molar-refractivity contribution < 1.29 is 4.74 Å². The van der Waals surface area contributed by atoms with Gasteiger partial charge in [-0.15, -0.1) is 0 Å². The van der Waals surface area contributed by atoms with Gasteiger partial charge in [0.2, 0.25) is 5.88 Å². The van der Waals surface area contributed by atoms with Crippen molar-refractivity contribution in [2.24, 2.45) is 0 Å². The molecule has 1 N–H and O–H groups in total. The molecule has 0 amide bonds. The summed E-state index contributed by atoms with van der Waals surface area (Å²) >= 11 is 6.01. The van der Waals surface area contributed by atoms with Gasteiger partial charge in [-0.2, -0.15) is 10.2 Å². The van der Waals surface area contributed by atoms with Crippen LogP contribution in [-0.4, -0.2) is 20.0 Å². The second-order valence-corrected chi connectivity index (χ2v) is 5.78. The zero-order chi connectivity index (χ0) is 17.1. The molecule has 124 valence electrons. The van der Waals surface area contributed by atoms with Crippen LogP contribution in [0.15, 0.2) is 41.2 Å². The maximum absolute atomic E-state index is 11.1. The lowest BCUT2D eigenvalue weighted by molar-refractivity contribution is 0.414. The van der Waals surface area contributed by atoms with Crippen molar-refractivity contribution >= 4 is 11.6 Å². The Morgan fingerprint density at radius 3 is 2.79 bits per heavy atom. The Balaban J connectivity index is 1.91. The van der Waals surface area contributed by atoms with Gasteiger partial charge in [-0.25, -0.2) is 9.78 Å². The standard InChI is InChI=1S/C17H17ClN4O2/c1-3-22-17(24-14-6-4-5-12(18)9-14)11(2)15(21-22)10-13-7-8-16(23)20-19-13/h4-9H,3,10H2,1-2H3,(H,20,23). The van der Waals surface area contributed by atoms with E-state index in [0.717, 1.165) is 17.0 Å². The number of rotatable bonds is 5. The smallest absolute Gasteiger partial charge is 0.264 e. The molecule has 24 heavy (non-hydrogen) atoms. The molecule has 2 heterocycles. The van der Waals surface area contributed by atoms with Crippen LogP contribution >= 0.6 is 11.6 Å². The lowest BCUT2D eigenvalue weighted by Gasteiger charge is -2.08. The summed E-state index contributed by atoms with van der Waals surface area (Å²) in [5.41, 5.74) is 2.31. The number of nitrogens with zero attached hydrogens (tertiary/aromatic N) is 3. The van der Waals surface area contributed by atoms with E-state index in [1.807, 2.05) is 26.0 Å². The van der Waals surface area contributed by atoms with Gasteiger partial charge in [0.25, 0.3) is 5.56 Å². The Hall–Kier alpha value is -2.60. The molecule has 1 aromatic carbocycles. The first-order valence-electron chi connectivity index (χ1n) is 7.61. The van der Waals surface area contributed by atoms with E-state index in [2.05, 4.69) is 15.3 Å². The number of halogens is 1. The molecule has 0 aliphatic heterocycles. The van der Waals surface area contributed by atoms with Crippen LogP contribution < -0.4 is 10.3 Å². The SMILES string of the molecule is CCn1nc(Cc2ccc(=O)[nH]n2)c(C)c1Oc1cccc(Cl)c1. The first kappa shape index (κ1) is 16.3. The number of H-pyrrole nitrogens is 1. The Kier molecular flexibility index (Phi) is 4.66. The molecule has 0 saturated carbocycles. The molecule has 0 unspecified atom stereocenters. The van der Waals surface area contributed by atoms with Crippen LogP contribution in [0.3, 0.4) is 0 Å². The minimum Gasteiger partial charge on any atom is -0.439 e. The van der Waals surface area contributed by atoms with E-state index in [-0.39, 0.29) is 5.56 Å². The Morgan fingerprint density at radius 1 is 1.29 bits per heavy atom. The highest BCUT2D eigenvalue weighted by molar-refractivity contribution is 6.30. The molecule has 0 aliphatic rings. The van der Waals surface area contributed by atoms with Crippen molar-refractivity contribution in [3.8, 4) is 11.6 Å². The van der Waals surface area contributed by atoms with Gasteiger partial charge in [0.15, 0.2) is 0 Å². The topological polar surface area (TPSA) is 72.8 Å². The Labute approximate surface area is 144 Å². The van der Waals surface area contributed by atoms with Crippen LogP contribution in [0.25, 0.3) is 0 Å². The summed E-state index contributed by atoms with van der Waals surface area (Å²) < 4.78 is 7.79. The minimum atomic E-state index is -0.223. The van der Waals surface area contributed by atoms with E-state index in [0.29, 0.717) is 29.6 Å². The van der Waals surface area contributed by atoms with Gasteiger partial charge in [-0.1, -0.05) is 17.7 Å². The first-order valence-corrected chi connectivity index (χ1v) is 7.99. The molecule has 6 nitrogen and oxygen atoms in total. The number of aromatic nitrogens is 4. The molecule has 0 saturated heterocycles. The highest BCUT2D eigenvalue weighted by Gasteiger charge is 2.16. The second kappa shape index (κ2) is 6.88. The van der Waals surface area contributed by atoms with E-state index in [1.165, 1.54) is 6.07 Å². The molecule has 7 heteroatoms. The van der Waals surface area contributed by atoms with Gasteiger partial charge in [0.05, 0.1) is 11.4 Å². The third kappa shape index (κ3) is 3.49. The molecule has 0 bridgehead atoms. The Morgan fingerprint density at radius 2 is 2.12 bits per heavy atom. The van der Waals surface area contributed by atoms with Gasteiger partial charge in [-0.05, 0) is 38.1 Å². The number of aryl methyl sites for hydroxylation is 1. The average Bonchev–Trinajstić information content (AvgIpc) is 2.86. The molecule has 0 aliphatic carbocycles. The number of ether oxygens (including phenoxy) is 1. The van der Waals surface area contributed by atoms with Crippen LogP contribution in [0.1, 0.15) is 23.9 Å². The van der Waals surface area contributed by atoms with E-state index in [1.54, 1.807) is 22.9 Å². The number of benzene rings is 1. The summed E-state index contributed by atoms with van der Waals surface area (Å²) in [6.07, 6.45) is 0.515. The van der Waals surface area contributed by atoms with Crippen LogP contribution in [0.5, 0.6) is 11.6 Å². The number of nitrogens with one attached hydrogen (secondary N) is 1. The Bertz CT molecular complexity index is 897. The fourth-order valence-electron chi connectivity index (χ4n) is 2.38. The predicted octanol–water partition coefficient (Wildman–Crippen LogP) is 3.33. The zero-order valence-corrected chi connectivity index (χ0v) is 14.2. The van der Waals surface area contributed by atoms with Gasteiger partial charge in [-0.3, -0.25) is 4.79 Å². The molecule has 3 aromatic rings. The minimum absolute atomic E-state index is 0.223. The summed E-state index contributed by atoms with van der Waals surface area (Å²) in [6, 6.07) is 10.4. The van der Waals surface area contributed by atoms with Crippen molar-refractivity contribution in [2.45, 2.75) is 26.8 Å². The maximum atomic E-state index is 11.1. The lowest BCUT2D eigenvalue weighted by Crippen LogP contribution is -2.08. The lowest BCUT2D eigenvalue weighted by atomic mass is 10.1. The summed E-state index contributed by atoms with van der Waals surface area (Å²) in [5, 5.41) is 11.7. The monoisotopic (exact) mass is 344 g/mol. The highest BCUT2D eigenvalue weighted by atomic mass is 35.5. The summed E-state index contributed by atoms with van der Waals surface area (Å²) in [5.74, 6) is 1.34. The largest absolute Gasteiger partial charge is 0.439 e. The van der Waals surface area contributed by atoms with Crippen LogP contribution in [0, 0.1) is 6.92 Å². The molecular formula is C17H17ClN4O2. The van der Waals surface area contributed by atoms with Crippen LogP contribution in [-0.2, 0) is 13.0 Å². The molecule has 0 radical (unpaired) electrons. The zero-order valence-electron chi connectivity index (χ0n) is 13.4. The van der Waals surface area contributed by atoms with E-state index >= 15 is 0 Å². The summed E-state index contributed by atoms with van der Waals surface area (Å²) in [4.78, 5) is 11.1. The molecule has 0 spiro atoms. The van der Waals surface area contributed by atoms with E-state index in [9.17, 15) is 4.79 Å². The van der Waals surface area contributed by atoms with Gasteiger partial charge >= 0.3 is 0 Å². The van der Waals surface area contributed by atoms with Gasteiger partial charge in [0, 0.05) is 29.6 Å². The average molecular weight is 345 g/mol. The number of aromatic amines is 1. The van der Waals surface area contributed by atoms with Gasteiger partial charge < -0.3 is 4.74 Å². The third-order valence-corrected chi connectivity index (χ3v) is 3.86. The molecule has 3 rings (SSSR count). The molecular weight excluding hydrogens is 328 g/mol. The molecule has 0 atom stereocenters. The number of hydrogen-bond acceptors (Lipinski definition) is 4. The van der Waals surface area contributed by atoms with Crippen molar-refractivity contribution in [3.05, 3.63) is 68.7 Å².